The van der Waals surface area contributed by atoms with E-state index in [1.165, 1.54) is 12.5 Å². The van der Waals surface area contributed by atoms with Gasteiger partial charge in [0.2, 0.25) is 11.7 Å². The highest BCUT2D eigenvalue weighted by Crippen LogP contribution is 2.22. The number of halogens is 1. The van der Waals surface area contributed by atoms with Crippen LogP contribution >= 0.6 is 11.6 Å². The second-order valence-corrected chi connectivity index (χ2v) is 4.86. The number of likely N-dealkylation sites (tertiary alicyclic amines) is 1. The Morgan fingerprint density at radius 1 is 1.61 bits per heavy atom. The van der Waals surface area contributed by atoms with Gasteiger partial charge < -0.3 is 4.74 Å². The lowest BCUT2D eigenvalue weighted by molar-refractivity contribution is 0.116. The van der Waals surface area contributed by atoms with Crippen LogP contribution in [-0.4, -0.2) is 40.6 Å². The maximum absolute atomic E-state index is 8.78. The van der Waals surface area contributed by atoms with Gasteiger partial charge in [-0.15, -0.1) is 0 Å². The molecule has 18 heavy (non-hydrogen) atoms. The molecule has 0 amide bonds. The van der Waals surface area contributed by atoms with Crippen LogP contribution in [0.5, 0.6) is 5.88 Å². The first-order valence-electron chi connectivity index (χ1n) is 5.91. The first-order valence-corrected chi connectivity index (χ1v) is 6.29. The molecule has 0 spiro atoms. The molecule has 0 radical (unpaired) electrons. The Labute approximate surface area is 111 Å². The van der Waals surface area contributed by atoms with Crippen LogP contribution in [0.25, 0.3) is 0 Å². The molecule has 0 aliphatic carbocycles. The molecule has 1 unspecified atom stereocenters. The van der Waals surface area contributed by atoms with Crippen LogP contribution < -0.4 is 4.74 Å². The van der Waals surface area contributed by atoms with E-state index in [-0.39, 0.29) is 17.1 Å². The second kappa shape index (κ2) is 5.51. The maximum atomic E-state index is 8.78. The van der Waals surface area contributed by atoms with E-state index in [0.29, 0.717) is 11.9 Å². The summed E-state index contributed by atoms with van der Waals surface area (Å²) in [7, 11) is 2.09. The fraction of sp³-hybridized carbons (Fsp3) is 0.583. The standard InChI is InChI=1S/C12H15ClN4O/c1-8(9-4-3-5-17(9)2)18-12-6-10(13)15-11(7-14)16-12/h6,8-9H,3-5H2,1-2H3/t8-,9?/m0/s1. The van der Waals surface area contributed by atoms with E-state index in [2.05, 4.69) is 21.9 Å². The highest BCUT2D eigenvalue weighted by Gasteiger charge is 2.28. The van der Waals surface area contributed by atoms with Gasteiger partial charge in [-0.2, -0.15) is 10.2 Å². The van der Waals surface area contributed by atoms with Gasteiger partial charge in [-0.3, -0.25) is 4.90 Å². The molecule has 1 saturated heterocycles. The SMILES string of the molecule is C[C@H](Oc1cc(Cl)nc(C#N)n1)C1CCCN1C. The van der Waals surface area contributed by atoms with Gasteiger partial charge in [0.15, 0.2) is 0 Å². The van der Waals surface area contributed by atoms with E-state index in [9.17, 15) is 0 Å². The second-order valence-electron chi connectivity index (χ2n) is 4.48. The zero-order valence-electron chi connectivity index (χ0n) is 10.4. The average molecular weight is 267 g/mol. The Hall–Kier alpha value is -1.38. The quantitative estimate of drug-likeness (QED) is 0.782. The maximum Gasteiger partial charge on any atom is 0.236 e. The fourth-order valence-corrected chi connectivity index (χ4v) is 2.48. The average Bonchev–Trinajstić information content (AvgIpc) is 2.74. The van der Waals surface area contributed by atoms with E-state index in [1.807, 2.05) is 13.0 Å². The van der Waals surface area contributed by atoms with Crippen molar-refractivity contribution in [1.82, 2.24) is 14.9 Å². The lowest BCUT2D eigenvalue weighted by Crippen LogP contribution is -2.38. The molecule has 1 fully saturated rings. The molecule has 1 aliphatic heterocycles. The predicted molar refractivity (Wildman–Crippen MR) is 67.5 cm³/mol. The van der Waals surface area contributed by atoms with E-state index in [4.69, 9.17) is 21.6 Å². The minimum Gasteiger partial charge on any atom is -0.473 e. The summed E-state index contributed by atoms with van der Waals surface area (Å²) < 4.78 is 5.76. The van der Waals surface area contributed by atoms with Crippen LogP contribution in [-0.2, 0) is 0 Å². The van der Waals surface area contributed by atoms with Crippen LogP contribution in [0.2, 0.25) is 5.15 Å². The van der Waals surface area contributed by atoms with Crippen molar-refractivity contribution in [3.8, 4) is 11.9 Å². The molecule has 0 aromatic carbocycles. The molecule has 2 rings (SSSR count). The first kappa shape index (κ1) is 13.1. The summed E-state index contributed by atoms with van der Waals surface area (Å²) in [5.41, 5.74) is 0. The fourth-order valence-electron chi connectivity index (χ4n) is 2.31. The molecule has 1 aromatic heterocycles. The van der Waals surface area contributed by atoms with Gasteiger partial charge in [0.1, 0.15) is 17.3 Å². The van der Waals surface area contributed by atoms with Crippen molar-refractivity contribution in [1.29, 1.82) is 5.26 Å². The van der Waals surface area contributed by atoms with E-state index < -0.39 is 0 Å². The normalized spacial score (nSPS) is 21.6. The highest BCUT2D eigenvalue weighted by molar-refractivity contribution is 6.29. The smallest absolute Gasteiger partial charge is 0.236 e. The third-order valence-corrected chi connectivity index (χ3v) is 3.39. The molecule has 0 saturated carbocycles. The third kappa shape index (κ3) is 2.89. The van der Waals surface area contributed by atoms with E-state index >= 15 is 0 Å². The lowest BCUT2D eigenvalue weighted by atomic mass is 10.1. The topological polar surface area (TPSA) is 62.0 Å². The Bertz CT molecular complexity index is 474. The Balaban J connectivity index is 2.09. The zero-order chi connectivity index (χ0) is 13.1. The number of hydrogen-bond donors (Lipinski definition) is 0. The number of hydrogen-bond acceptors (Lipinski definition) is 5. The Kier molecular flexibility index (Phi) is 4.00. The molecule has 96 valence electrons. The lowest BCUT2D eigenvalue weighted by Gasteiger charge is -2.26. The number of nitriles is 1. The molecule has 2 atom stereocenters. The summed E-state index contributed by atoms with van der Waals surface area (Å²) in [6.45, 7) is 3.10. The summed E-state index contributed by atoms with van der Waals surface area (Å²) in [6, 6.07) is 3.78. The van der Waals surface area contributed by atoms with Crippen molar-refractivity contribution >= 4 is 11.6 Å². The van der Waals surface area contributed by atoms with Gasteiger partial charge in [0.05, 0.1) is 0 Å². The number of likely N-dealkylation sites (N-methyl/N-ethyl adjacent to an activating group) is 1. The van der Waals surface area contributed by atoms with Crippen LogP contribution in [0.1, 0.15) is 25.6 Å². The Morgan fingerprint density at radius 2 is 2.39 bits per heavy atom. The third-order valence-electron chi connectivity index (χ3n) is 3.20. The van der Waals surface area contributed by atoms with Gasteiger partial charge in [0.25, 0.3) is 0 Å². The zero-order valence-corrected chi connectivity index (χ0v) is 11.2. The van der Waals surface area contributed by atoms with Gasteiger partial charge in [-0.1, -0.05) is 11.6 Å². The van der Waals surface area contributed by atoms with Crippen molar-refractivity contribution in [2.75, 3.05) is 13.6 Å². The molecule has 2 heterocycles. The molecule has 1 aliphatic rings. The number of aromatic nitrogens is 2. The minimum absolute atomic E-state index is 0.00927. The van der Waals surface area contributed by atoms with Gasteiger partial charge in [-0.25, -0.2) is 4.98 Å². The summed E-state index contributed by atoms with van der Waals surface area (Å²) in [4.78, 5) is 10.0. The molecular formula is C12H15ClN4O. The Morgan fingerprint density at radius 3 is 3.00 bits per heavy atom. The monoisotopic (exact) mass is 266 g/mol. The summed E-state index contributed by atoms with van der Waals surface area (Å²) >= 11 is 5.81. The minimum atomic E-state index is 0.00927. The van der Waals surface area contributed by atoms with Crippen LogP contribution in [0.3, 0.4) is 0 Å². The number of nitrogens with zero attached hydrogens (tertiary/aromatic N) is 4. The van der Waals surface area contributed by atoms with Crippen LogP contribution in [0, 0.1) is 11.3 Å². The van der Waals surface area contributed by atoms with Crippen molar-refractivity contribution in [3.05, 3.63) is 17.0 Å². The van der Waals surface area contributed by atoms with E-state index in [1.54, 1.807) is 0 Å². The van der Waals surface area contributed by atoms with Gasteiger partial charge in [-0.05, 0) is 33.4 Å². The summed E-state index contributed by atoms with van der Waals surface area (Å²) in [5, 5.41) is 9.00. The molecule has 0 N–H and O–H groups in total. The largest absolute Gasteiger partial charge is 0.473 e. The van der Waals surface area contributed by atoms with Gasteiger partial charge >= 0.3 is 0 Å². The highest BCUT2D eigenvalue weighted by atomic mass is 35.5. The summed E-state index contributed by atoms with van der Waals surface area (Å²) in [5.74, 6) is 0.392. The van der Waals surface area contributed by atoms with Crippen molar-refractivity contribution in [3.63, 3.8) is 0 Å². The van der Waals surface area contributed by atoms with Crippen molar-refractivity contribution in [2.45, 2.75) is 31.9 Å². The molecule has 5 nitrogen and oxygen atoms in total. The van der Waals surface area contributed by atoms with Crippen molar-refractivity contribution < 1.29 is 4.74 Å². The number of rotatable bonds is 3. The molecule has 0 bridgehead atoms. The van der Waals surface area contributed by atoms with Crippen molar-refractivity contribution in [2.24, 2.45) is 0 Å². The molecule has 1 aromatic rings. The number of ether oxygens (including phenoxy) is 1. The van der Waals surface area contributed by atoms with E-state index in [0.717, 1.165) is 13.0 Å². The summed E-state index contributed by atoms with van der Waals surface area (Å²) in [6.07, 6.45) is 2.31. The van der Waals surface area contributed by atoms with Crippen LogP contribution in [0.15, 0.2) is 6.07 Å². The predicted octanol–water partition coefficient (Wildman–Crippen LogP) is 1.86. The van der Waals surface area contributed by atoms with Crippen LogP contribution in [0.4, 0.5) is 0 Å². The van der Waals surface area contributed by atoms with Gasteiger partial charge in [0, 0.05) is 12.1 Å². The molecule has 6 heteroatoms. The molecular weight excluding hydrogens is 252 g/mol. The first-order chi connectivity index (χ1) is 8.60.